The Morgan fingerprint density at radius 3 is 1.48 bits per heavy atom. The lowest BCUT2D eigenvalue weighted by molar-refractivity contribution is -0.123. The Balaban J connectivity index is 0.000000314. The molecule has 0 aliphatic heterocycles. The number of rotatable bonds is 19. The van der Waals surface area contributed by atoms with Gasteiger partial charge in [-0.2, -0.15) is 0 Å². The first-order valence-electron chi connectivity index (χ1n) is 25.2. The van der Waals surface area contributed by atoms with Crippen LogP contribution in [0.5, 0.6) is 0 Å². The Kier molecular flexibility index (Phi) is 23.6. The molecule has 2 heteroatoms. The summed E-state index contributed by atoms with van der Waals surface area (Å²) in [5.74, 6) is 6.53. The summed E-state index contributed by atoms with van der Waals surface area (Å²) in [4.78, 5) is 12.4. The van der Waals surface area contributed by atoms with Gasteiger partial charge in [0.25, 0.3) is 0 Å². The lowest BCUT2D eigenvalue weighted by atomic mass is 9.75. The molecule has 5 rings (SSSR count). The number of hydrogen-bond donors (Lipinski definition) is 1. The third kappa shape index (κ3) is 18.0. The number of hydrogen-bond acceptors (Lipinski definition) is 2. The van der Waals surface area contributed by atoms with Gasteiger partial charge in [0.05, 0.1) is 0 Å². The molecule has 0 saturated heterocycles. The molecule has 5 aliphatic rings. The van der Waals surface area contributed by atoms with Gasteiger partial charge in [-0.05, 0) is 98.3 Å². The van der Waals surface area contributed by atoms with Crippen LogP contribution in [-0.2, 0) is 4.79 Å². The highest BCUT2D eigenvalue weighted by Crippen LogP contribution is 2.47. The molecule has 5 saturated carbocycles. The maximum absolute atomic E-state index is 12.4. The largest absolute Gasteiger partial charge is 0.310 e. The Morgan fingerprint density at radius 1 is 0.625 bits per heavy atom. The Morgan fingerprint density at radius 2 is 1.04 bits per heavy atom. The fraction of sp³-hybridized carbons (Fsp3) is 0.870. The second-order valence-electron chi connectivity index (χ2n) is 21.0. The van der Waals surface area contributed by atoms with E-state index in [1.807, 2.05) is 13.8 Å². The average Bonchev–Trinajstić information content (AvgIpc) is 3.59. The van der Waals surface area contributed by atoms with E-state index in [-0.39, 0.29) is 5.92 Å². The van der Waals surface area contributed by atoms with Gasteiger partial charge in [0.1, 0.15) is 5.78 Å². The van der Waals surface area contributed by atoms with Crippen molar-refractivity contribution in [2.45, 2.75) is 241 Å². The summed E-state index contributed by atoms with van der Waals surface area (Å²) in [6, 6.07) is 0.438. The minimum absolute atomic E-state index is 0.197. The van der Waals surface area contributed by atoms with Gasteiger partial charge >= 0.3 is 0 Å². The molecule has 0 aromatic heterocycles. The van der Waals surface area contributed by atoms with Crippen LogP contribution in [0, 0.1) is 52.8 Å². The molecule has 5 aliphatic carbocycles. The fourth-order valence-electron chi connectivity index (χ4n) is 11.6. The second kappa shape index (κ2) is 26.8. The Hall–Kier alpha value is -1.15. The maximum Gasteiger partial charge on any atom is 0.136 e. The summed E-state index contributed by atoms with van der Waals surface area (Å²) in [5, 5.41) is 4.08. The SMILES string of the molecule is C=C(CC1CCCCC1)CC(C)C(=O)CC1CCCCC1.C=C(CC1CCCCC1)CC(NCC1CC(C(C)(C)CC)CC1C)C(=C)CC1CCCCC1.CC. The van der Waals surface area contributed by atoms with E-state index >= 15 is 0 Å². The monoisotopic (exact) mass is 776 g/mol. The molecule has 0 aromatic rings. The van der Waals surface area contributed by atoms with Crippen molar-refractivity contribution in [3.8, 4) is 0 Å². The summed E-state index contributed by atoms with van der Waals surface area (Å²) in [5.41, 5.74) is 4.77. The van der Waals surface area contributed by atoms with Gasteiger partial charge in [-0.25, -0.2) is 0 Å². The van der Waals surface area contributed by atoms with Crippen molar-refractivity contribution in [3.63, 3.8) is 0 Å². The van der Waals surface area contributed by atoms with Gasteiger partial charge in [0.15, 0.2) is 0 Å². The highest BCUT2D eigenvalue weighted by Gasteiger charge is 2.39. The molecule has 0 heterocycles. The van der Waals surface area contributed by atoms with Crippen LogP contribution in [0.4, 0.5) is 0 Å². The van der Waals surface area contributed by atoms with E-state index in [0.29, 0.717) is 23.2 Å². The van der Waals surface area contributed by atoms with Crippen LogP contribution in [-0.4, -0.2) is 18.4 Å². The highest BCUT2D eigenvalue weighted by molar-refractivity contribution is 5.81. The molecule has 1 N–H and O–H groups in total. The summed E-state index contributed by atoms with van der Waals surface area (Å²) < 4.78 is 0. The standard InChI is InChI=1S/C32H57N.C20H34O.C2H6/c1-7-32(5,6)30-21-25(3)29(22-30)23-33-31(26(4)20-28-16-12-9-13-17-28)19-24(2)18-27-14-10-8-11-15-27;1-16(14-18-9-5-3-6-10-18)13-17(2)20(21)15-19-11-7-4-8-12-19;1-2/h25,27-31,33H,2,4,7-23H2,1,3,5-6H3;17-19H,1,3-15H2,2H3;1-2H3. The lowest BCUT2D eigenvalue weighted by Gasteiger charge is -2.31. The van der Waals surface area contributed by atoms with Crippen LogP contribution in [0.25, 0.3) is 0 Å². The zero-order valence-electron chi connectivity index (χ0n) is 38.9. The van der Waals surface area contributed by atoms with E-state index in [0.717, 1.165) is 54.8 Å². The zero-order chi connectivity index (χ0) is 40.9. The van der Waals surface area contributed by atoms with Crippen LogP contribution in [0.1, 0.15) is 235 Å². The number of allylic oxidation sites excluding steroid dienone is 1. The third-order valence-electron chi connectivity index (χ3n) is 15.9. The fourth-order valence-corrected chi connectivity index (χ4v) is 11.6. The van der Waals surface area contributed by atoms with Crippen LogP contribution in [0.15, 0.2) is 36.5 Å². The Labute approximate surface area is 351 Å². The molecule has 5 fully saturated rings. The molecule has 0 spiro atoms. The lowest BCUT2D eigenvalue weighted by Crippen LogP contribution is -2.36. The molecule has 56 heavy (non-hydrogen) atoms. The minimum atomic E-state index is 0.197. The van der Waals surface area contributed by atoms with E-state index in [4.69, 9.17) is 0 Å². The smallest absolute Gasteiger partial charge is 0.136 e. The van der Waals surface area contributed by atoms with E-state index < -0.39 is 0 Å². The van der Waals surface area contributed by atoms with Crippen molar-refractivity contribution in [2.24, 2.45) is 52.8 Å². The molecule has 0 bridgehead atoms. The number of ketones is 1. The summed E-state index contributed by atoms with van der Waals surface area (Å²) in [6.45, 7) is 30.7. The first-order valence-corrected chi connectivity index (χ1v) is 25.2. The first kappa shape index (κ1) is 49.2. The van der Waals surface area contributed by atoms with Crippen molar-refractivity contribution in [1.82, 2.24) is 5.32 Å². The van der Waals surface area contributed by atoms with Gasteiger partial charge in [-0.1, -0.05) is 220 Å². The molecule has 5 atom stereocenters. The van der Waals surface area contributed by atoms with Gasteiger partial charge in [0.2, 0.25) is 0 Å². The second-order valence-corrected chi connectivity index (χ2v) is 21.0. The molecule has 2 nitrogen and oxygen atoms in total. The molecule has 0 radical (unpaired) electrons. The Bertz CT molecular complexity index is 1110. The topological polar surface area (TPSA) is 29.1 Å². The van der Waals surface area contributed by atoms with Crippen LogP contribution >= 0.6 is 0 Å². The van der Waals surface area contributed by atoms with Gasteiger partial charge in [0, 0.05) is 18.4 Å². The van der Waals surface area contributed by atoms with Crippen molar-refractivity contribution in [1.29, 1.82) is 0 Å². The first-order chi connectivity index (χ1) is 26.9. The normalized spacial score (nSPS) is 25.6. The number of carbonyl (C=O) groups excluding carboxylic acids is 1. The van der Waals surface area contributed by atoms with Gasteiger partial charge < -0.3 is 5.32 Å². The molecule has 5 unspecified atom stereocenters. The number of Topliss-reactive ketones (excluding diaryl/α,β-unsaturated/α-hetero) is 1. The van der Waals surface area contributed by atoms with Gasteiger partial charge in [-0.3, -0.25) is 4.79 Å². The maximum atomic E-state index is 12.4. The molecular weight excluding hydrogens is 679 g/mol. The van der Waals surface area contributed by atoms with E-state index in [2.05, 4.69) is 59.7 Å². The molecule has 0 amide bonds. The third-order valence-corrected chi connectivity index (χ3v) is 15.9. The summed E-state index contributed by atoms with van der Waals surface area (Å²) >= 11 is 0. The summed E-state index contributed by atoms with van der Waals surface area (Å²) in [6.07, 6.45) is 38.5. The summed E-state index contributed by atoms with van der Waals surface area (Å²) in [7, 11) is 0. The van der Waals surface area contributed by atoms with Crippen LogP contribution < -0.4 is 5.32 Å². The minimum Gasteiger partial charge on any atom is -0.310 e. The van der Waals surface area contributed by atoms with E-state index in [1.54, 1.807) is 0 Å². The van der Waals surface area contributed by atoms with Crippen molar-refractivity contribution in [3.05, 3.63) is 36.5 Å². The quantitative estimate of drug-likeness (QED) is 0.132. The van der Waals surface area contributed by atoms with E-state index in [1.165, 1.54) is 190 Å². The van der Waals surface area contributed by atoms with Gasteiger partial charge in [-0.15, -0.1) is 0 Å². The van der Waals surface area contributed by atoms with E-state index in [9.17, 15) is 4.79 Å². The predicted molar refractivity (Wildman–Crippen MR) is 248 cm³/mol. The molecular formula is C54H97NO. The average molecular weight is 776 g/mol. The van der Waals surface area contributed by atoms with Crippen molar-refractivity contribution in [2.75, 3.05) is 6.54 Å². The zero-order valence-corrected chi connectivity index (χ0v) is 38.9. The van der Waals surface area contributed by atoms with Crippen molar-refractivity contribution >= 4 is 5.78 Å². The predicted octanol–water partition coefficient (Wildman–Crippen LogP) is 16.6. The molecule has 0 aromatic carbocycles. The number of carbonyl (C=O) groups is 1. The number of nitrogens with one attached hydrogen (secondary N) is 1. The van der Waals surface area contributed by atoms with Crippen LogP contribution in [0.2, 0.25) is 0 Å². The molecule has 324 valence electrons. The van der Waals surface area contributed by atoms with Crippen molar-refractivity contribution < 1.29 is 4.79 Å². The van der Waals surface area contributed by atoms with Crippen LogP contribution in [0.3, 0.4) is 0 Å². The highest BCUT2D eigenvalue weighted by atomic mass is 16.1.